The van der Waals surface area contributed by atoms with E-state index in [4.69, 9.17) is 60.6 Å². The molecule has 12 heteroatoms. The fourth-order valence-corrected chi connectivity index (χ4v) is 5.47. The molecule has 2 aromatic carbocycles. The first-order valence-corrected chi connectivity index (χ1v) is 13.7. The van der Waals surface area contributed by atoms with Gasteiger partial charge in [-0.3, -0.25) is 4.79 Å². The van der Waals surface area contributed by atoms with Crippen molar-refractivity contribution < 1.29 is 19.0 Å². The van der Waals surface area contributed by atoms with Gasteiger partial charge in [0.05, 0.1) is 24.5 Å². The fourth-order valence-electron chi connectivity index (χ4n) is 4.64. The summed E-state index contributed by atoms with van der Waals surface area (Å²) in [6.07, 6.45) is 4.93. The summed E-state index contributed by atoms with van der Waals surface area (Å²) in [7, 11) is 0. The van der Waals surface area contributed by atoms with Gasteiger partial charge in [0.1, 0.15) is 18.5 Å². The minimum Gasteiger partial charge on any atom is -0.491 e. The van der Waals surface area contributed by atoms with Crippen LogP contribution in [-0.4, -0.2) is 70.7 Å². The average molecular weight is 600 g/mol. The summed E-state index contributed by atoms with van der Waals surface area (Å²) in [5, 5.41) is 0.998. The fraction of sp³-hybridized carbons (Fsp3) is 0.385. The van der Waals surface area contributed by atoms with Crippen LogP contribution in [0.3, 0.4) is 0 Å². The molecule has 0 bridgehead atoms. The molecule has 2 unspecified atom stereocenters. The number of amides is 1. The Labute approximate surface area is 240 Å². The lowest BCUT2D eigenvalue weighted by atomic mass is 10.1. The van der Waals surface area contributed by atoms with Gasteiger partial charge in [0.2, 0.25) is 5.79 Å². The second kappa shape index (κ2) is 11.9. The normalized spacial score (nSPS) is 21.8. The summed E-state index contributed by atoms with van der Waals surface area (Å²) in [5.41, 5.74) is 1.74. The zero-order valence-electron chi connectivity index (χ0n) is 20.3. The van der Waals surface area contributed by atoms with Crippen molar-refractivity contribution in [1.82, 2.24) is 14.5 Å². The van der Waals surface area contributed by atoms with Crippen LogP contribution in [0.4, 0.5) is 5.69 Å². The number of aromatic nitrogens is 2. The Kier molecular flexibility index (Phi) is 8.57. The number of imidazole rings is 1. The van der Waals surface area contributed by atoms with Gasteiger partial charge in [0, 0.05) is 54.8 Å². The number of carbonyl (C=O) groups excluding carboxylic acids is 1. The van der Waals surface area contributed by atoms with E-state index in [2.05, 4.69) is 9.88 Å². The molecule has 38 heavy (non-hydrogen) atoms. The molecule has 0 saturated carbocycles. The highest BCUT2D eigenvalue weighted by molar-refractivity contribution is 6.53. The first-order chi connectivity index (χ1) is 18.3. The second-order valence-corrected chi connectivity index (χ2v) is 11.0. The molecule has 1 aromatic heterocycles. The van der Waals surface area contributed by atoms with E-state index in [0.717, 1.165) is 11.4 Å². The van der Waals surface area contributed by atoms with E-state index in [-0.39, 0.29) is 12.0 Å². The zero-order valence-corrected chi connectivity index (χ0v) is 23.3. The van der Waals surface area contributed by atoms with Gasteiger partial charge < -0.3 is 28.6 Å². The molecular formula is C26H26Cl4N4O4. The van der Waals surface area contributed by atoms with Crippen LogP contribution in [0, 0.1) is 0 Å². The smallest absolute Gasteiger partial charge is 0.255 e. The largest absolute Gasteiger partial charge is 0.491 e. The molecular weight excluding hydrogens is 574 g/mol. The summed E-state index contributed by atoms with van der Waals surface area (Å²) in [6, 6.07) is 13.1. The average Bonchev–Trinajstić information content (AvgIpc) is 3.58. The highest BCUT2D eigenvalue weighted by atomic mass is 35.5. The highest BCUT2D eigenvalue weighted by Gasteiger charge is 2.45. The van der Waals surface area contributed by atoms with Gasteiger partial charge in [-0.2, -0.15) is 0 Å². The maximum absolute atomic E-state index is 12.0. The molecule has 0 N–H and O–H groups in total. The minimum absolute atomic E-state index is 0.248. The van der Waals surface area contributed by atoms with E-state index in [9.17, 15) is 4.79 Å². The van der Waals surface area contributed by atoms with Crippen LogP contribution in [-0.2, 0) is 26.6 Å². The van der Waals surface area contributed by atoms with Crippen molar-refractivity contribution in [2.45, 2.75) is 23.3 Å². The summed E-state index contributed by atoms with van der Waals surface area (Å²) < 4.78 is 20.6. The van der Waals surface area contributed by atoms with Crippen molar-refractivity contribution in [2.24, 2.45) is 0 Å². The predicted octanol–water partition coefficient (Wildman–Crippen LogP) is 4.99. The van der Waals surface area contributed by atoms with Crippen LogP contribution in [0.25, 0.3) is 0 Å². The van der Waals surface area contributed by atoms with Gasteiger partial charge in [0.15, 0.2) is 4.84 Å². The van der Waals surface area contributed by atoms with Crippen LogP contribution in [0.5, 0.6) is 5.75 Å². The Bertz CT molecular complexity index is 1240. The third-order valence-corrected chi connectivity index (χ3v) is 7.49. The van der Waals surface area contributed by atoms with E-state index >= 15 is 0 Å². The van der Waals surface area contributed by atoms with E-state index < -0.39 is 10.6 Å². The molecule has 1 amide bonds. The Morgan fingerprint density at radius 2 is 1.87 bits per heavy atom. The first kappa shape index (κ1) is 27.4. The number of nitrogens with zero attached hydrogens (tertiary/aromatic N) is 4. The molecule has 0 aliphatic carbocycles. The number of rotatable bonds is 8. The molecule has 2 saturated heterocycles. The maximum atomic E-state index is 12.0. The lowest BCUT2D eigenvalue weighted by Gasteiger charge is -2.36. The molecule has 202 valence electrons. The molecule has 2 fully saturated rings. The zero-order chi connectivity index (χ0) is 26.7. The van der Waals surface area contributed by atoms with Gasteiger partial charge in [0.25, 0.3) is 5.91 Å². The lowest BCUT2D eigenvalue weighted by molar-refractivity contribution is -0.189. The molecule has 3 aromatic rings. The molecule has 2 aliphatic heterocycles. The van der Waals surface area contributed by atoms with Crippen molar-refractivity contribution in [3.63, 3.8) is 0 Å². The number of carbonyl (C=O) groups is 1. The minimum atomic E-state index is -1.10. The topological polar surface area (TPSA) is 69.1 Å². The monoisotopic (exact) mass is 598 g/mol. The molecule has 0 spiro atoms. The van der Waals surface area contributed by atoms with E-state index in [0.29, 0.717) is 61.5 Å². The van der Waals surface area contributed by atoms with Crippen molar-refractivity contribution >= 4 is 58.0 Å². The summed E-state index contributed by atoms with van der Waals surface area (Å²) in [4.78, 5) is 19.0. The number of piperazine rings is 1. The van der Waals surface area contributed by atoms with Crippen molar-refractivity contribution in [1.29, 1.82) is 0 Å². The number of ether oxygens (including phenoxy) is 3. The van der Waals surface area contributed by atoms with Gasteiger partial charge in [-0.1, -0.05) is 52.5 Å². The SMILES string of the molecule is O=C(C(Cl)Cl)N1CCN(c2ccc(OCC3COC(Cn4ccnc4)(c4ccc(Cl)cc4Cl)O3)cc2)CC1. The number of anilines is 1. The third-order valence-electron chi connectivity index (χ3n) is 6.57. The van der Waals surface area contributed by atoms with Crippen LogP contribution in [0.15, 0.2) is 61.2 Å². The van der Waals surface area contributed by atoms with Gasteiger partial charge in [-0.15, -0.1) is 0 Å². The van der Waals surface area contributed by atoms with Crippen molar-refractivity contribution in [2.75, 3.05) is 44.3 Å². The molecule has 2 aliphatic rings. The second-order valence-electron chi connectivity index (χ2n) is 9.08. The van der Waals surface area contributed by atoms with Crippen molar-refractivity contribution in [3.8, 4) is 5.75 Å². The van der Waals surface area contributed by atoms with Crippen LogP contribution in [0.2, 0.25) is 10.0 Å². The summed E-state index contributed by atoms with van der Waals surface area (Å²) in [5.74, 6) is -0.631. The highest BCUT2D eigenvalue weighted by Crippen LogP contribution is 2.40. The third kappa shape index (κ3) is 6.17. The predicted molar refractivity (Wildman–Crippen MR) is 147 cm³/mol. The van der Waals surface area contributed by atoms with E-state index in [1.54, 1.807) is 29.6 Å². The maximum Gasteiger partial charge on any atom is 0.255 e. The van der Waals surface area contributed by atoms with Crippen LogP contribution < -0.4 is 9.64 Å². The number of halogens is 4. The lowest BCUT2D eigenvalue weighted by Crippen LogP contribution is -2.50. The van der Waals surface area contributed by atoms with E-state index in [1.165, 1.54) is 0 Å². The number of hydrogen-bond donors (Lipinski definition) is 0. The van der Waals surface area contributed by atoms with Crippen molar-refractivity contribution in [3.05, 3.63) is 76.8 Å². The van der Waals surface area contributed by atoms with Gasteiger partial charge in [-0.25, -0.2) is 4.98 Å². The Morgan fingerprint density at radius 1 is 1.11 bits per heavy atom. The summed E-state index contributed by atoms with van der Waals surface area (Å²) >= 11 is 24.1. The number of hydrogen-bond acceptors (Lipinski definition) is 6. The van der Waals surface area contributed by atoms with Crippen LogP contribution >= 0.6 is 46.4 Å². The molecule has 8 nitrogen and oxygen atoms in total. The quantitative estimate of drug-likeness (QED) is 0.340. The van der Waals surface area contributed by atoms with Gasteiger partial charge >= 0.3 is 0 Å². The Hall–Kier alpha value is -2.20. The number of alkyl halides is 2. The molecule has 3 heterocycles. The van der Waals surface area contributed by atoms with Gasteiger partial charge in [-0.05, 0) is 36.4 Å². The summed E-state index contributed by atoms with van der Waals surface area (Å²) in [6.45, 7) is 3.55. The van der Waals surface area contributed by atoms with Crippen LogP contribution in [0.1, 0.15) is 5.56 Å². The number of benzene rings is 2. The Morgan fingerprint density at radius 3 is 2.53 bits per heavy atom. The molecule has 2 atom stereocenters. The molecule has 5 rings (SSSR count). The molecule has 0 radical (unpaired) electrons. The van der Waals surface area contributed by atoms with E-state index in [1.807, 2.05) is 41.1 Å². The Balaban J connectivity index is 1.19. The standard InChI is InChI=1S/C26H26Cl4N4O4/c27-18-1-6-22(23(28)13-18)26(16-32-8-7-31-17-32)37-15-21(38-26)14-36-20-4-2-19(3-5-20)33-9-11-34(12-10-33)25(35)24(29)30/h1-8,13,17,21,24H,9-12,14-16H2. The first-order valence-electron chi connectivity index (χ1n) is 12.1.